The quantitative estimate of drug-likeness (QED) is 0.779. The van der Waals surface area contributed by atoms with Gasteiger partial charge in [0.05, 0.1) is 5.56 Å². The van der Waals surface area contributed by atoms with Crippen molar-refractivity contribution in [3.05, 3.63) is 28.2 Å². The van der Waals surface area contributed by atoms with E-state index < -0.39 is 35.4 Å². The Hall–Kier alpha value is -1.77. The van der Waals surface area contributed by atoms with Gasteiger partial charge in [-0.05, 0) is 45.9 Å². The molecule has 2 amide bonds. The van der Waals surface area contributed by atoms with E-state index in [2.05, 4.69) is 26.6 Å². The minimum Gasteiger partial charge on any atom is -0.444 e. The first-order chi connectivity index (χ1) is 10.8. The summed E-state index contributed by atoms with van der Waals surface area (Å²) in [6, 6.07) is 2.32. The second-order valence-corrected chi connectivity index (χ2v) is 6.90. The van der Waals surface area contributed by atoms with E-state index in [4.69, 9.17) is 4.74 Å². The highest BCUT2D eigenvalue weighted by Gasteiger charge is 2.33. The maximum absolute atomic E-state index is 12.8. The van der Waals surface area contributed by atoms with Crippen LogP contribution in [0.25, 0.3) is 0 Å². The van der Waals surface area contributed by atoms with Gasteiger partial charge in [0.1, 0.15) is 11.6 Å². The highest BCUT2D eigenvalue weighted by Crippen LogP contribution is 2.36. The van der Waals surface area contributed by atoms with Crippen molar-refractivity contribution in [1.82, 2.24) is 5.32 Å². The molecule has 134 valence electrons. The summed E-state index contributed by atoms with van der Waals surface area (Å²) >= 11 is 2.82. The minimum absolute atomic E-state index is 0.0339. The fourth-order valence-corrected chi connectivity index (χ4v) is 2.09. The third-order valence-corrected chi connectivity index (χ3v) is 3.36. The molecule has 0 saturated heterocycles. The maximum Gasteiger partial charge on any atom is 0.417 e. The van der Waals surface area contributed by atoms with Crippen LogP contribution in [0.5, 0.6) is 0 Å². The van der Waals surface area contributed by atoms with Gasteiger partial charge >= 0.3 is 12.3 Å². The number of rotatable bonds is 3. The summed E-state index contributed by atoms with van der Waals surface area (Å²) < 4.78 is 43.4. The number of benzene rings is 1. The first-order valence-electron chi connectivity index (χ1n) is 6.97. The van der Waals surface area contributed by atoms with Crippen LogP contribution in [-0.4, -0.2) is 23.6 Å². The molecule has 0 aliphatic rings. The number of alkyl carbamates (subject to hydrolysis) is 1. The molecule has 0 fully saturated rings. The molecule has 1 aromatic rings. The van der Waals surface area contributed by atoms with Gasteiger partial charge in [-0.15, -0.1) is 0 Å². The Bertz CT molecular complexity index is 627. The van der Waals surface area contributed by atoms with Crippen LogP contribution in [-0.2, 0) is 15.7 Å². The van der Waals surface area contributed by atoms with E-state index in [-0.39, 0.29) is 10.2 Å². The number of ether oxygens (including phenoxy) is 1. The fraction of sp³-hybridized carbons (Fsp3) is 0.467. The second kappa shape index (κ2) is 7.42. The molecule has 9 heteroatoms. The molecule has 0 spiro atoms. The average Bonchev–Trinajstić information content (AvgIpc) is 2.37. The van der Waals surface area contributed by atoms with Crippen LogP contribution in [0, 0.1) is 0 Å². The van der Waals surface area contributed by atoms with E-state index in [9.17, 15) is 22.8 Å². The van der Waals surface area contributed by atoms with Gasteiger partial charge in [-0.2, -0.15) is 13.2 Å². The number of alkyl halides is 3. The van der Waals surface area contributed by atoms with Crippen molar-refractivity contribution in [2.24, 2.45) is 0 Å². The lowest BCUT2D eigenvalue weighted by atomic mass is 10.2. The van der Waals surface area contributed by atoms with Crippen molar-refractivity contribution < 1.29 is 27.5 Å². The molecule has 2 N–H and O–H groups in total. The van der Waals surface area contributed by atoms with Gasteiger partial charge in [0, 0.05) is 10.2 Å². The predicted molar refractivity (Wildman–Crippen MR) is 86.6 cm³/mol. The Morgan fingerprint density at radius 1 is 1.21 bits per heavy atom. The summed E-state index contributed by atoms with van der Waals surface area (Å²) in [6.45, 7) is 6.39. The Morgan fingerprint density at radius 3 is 2.29 bits per heavy atom. The van der Waals surface area contributed by atoms with Crippen molar-refractivity contribution in [2.45, 2.75) is 45.5 Å². The standard InChI is InChI=1S/C15H18BrF3N2O3/c1-8(20-13(23)24-14(2,3)4)12(22)21-9-5-6-11(16)10(7-9)15(17,18)19/h5-8H,1-4H3,(H,20,23)(H,21,22)/t8-/m1/s1. The van der Waals surface area contributed by atoms with Crippen molar-refractivity contribution in [2.75, 3.05) is 5.32 Å². The van der Waals surface area contributed by atoms with Gasteiger partial charge in [0.15, 0.2) is 0 Å². The normalized spacial score (nSPS) is 13.2. The first-order valence-corrected chi connectivity index (χ1v) is 7.76. The number of hydrogen-bond acceptors (Lipinski definition) is 3. The number of carbonyl (C=O) groups is 2. The van der Waals surface area contributed by atoms with Crippen molar-refractivity contribution >= 4 is 33.6 Å². The zero-order valence-corrected chi connectivity index (χ0v) is 15.1. The summed E-state index contributed by atoms with van der Waals surface area (Å²) in [4.78, 5) is 23.6. The first kappa shape index (κ1) is 20.3. The summed E-state index contributed by atoms with van der Waals surface area (Å²) in [5, 5.41) is 4.63. The van der Waals surface area contributed by atoms with Crippen LogP contribution in [0.3, 0.4) is 0 Å². The molecule has 0 saturated carbocycles. The summed E-state index contributed by atoms with van der Waals surface area (Å²) in [5.74, 6) is -0.670. The third-order valence-electron chi connectivity index (χ3n) is 2.67. The number of amides is 2. The predicted octanol–water partition coefficient (Wildman–Crippen LogP) is 4.32. The lowest BCUT2D eigenvalue weighted by Gasteiger charge is -2.21. The van der Waals surface area contributed by atoms with Gasteiger partial charge in [-0.25, -0.2) is 4.79 Å². The van der Waals surface area contributed by atoms with Gasteiger partial charge in [0.25, 0.3) is 0 Å². The van der Waals surface area contributed by atoms with Crippen molar-refractivity contribution in [1.29, 1.82) is 0 Å². The van der Waals surface area contributed by atoms with E-state index in [0.717, 1.165) is 6.07 Å². The van der Waals surface area contributed by atoms with E-state index in [1.807, 2.05) is 0 Å². The average molecular weight is 411 g/mol. The molecule has 1 atom stereocenters. The SMILES string of the molecule is C[C@@H](NC(=O)OC(C)(C)C)C(=O)Nc1ccc(Br)c(C(F)(F)F)c1. The van der Waals surface area contributed by atoms with E-state index in [1.165, 1.54) is 19.1 Å². The number of hydrogen-bond donors (Lipinski definition) is 2. The van der Waals surface area contributed by atoms with E-state index >= 15 is 0 Å². The molecular formula is C15H18BrF3N2O3. The summed E-state index contributed by atoms with van der Waals surface area (Å²) in [5.41, 5.74) is -1.67. The Kier molecular flexibility index (Phi) is 6.26. The lowest BCUT2D eigenvalue weighted by molar-refractivity contribution is -0.138. The van der Waals surface area contributed by atoms with Crippen LogP contribution in [0.1, 0.15) is 33.3 Å². The summed E-state index contributed by atoms with van der Waals surface area (Å²) in [7, 11) is 0. The smallest absolute Gasteiger partial charge is 0.417 e. The Labute approximate surface area is 146 Å². The molecule has 0 aliphatic carbocycles. The zero-order chi connectivity index (χ0) is 18.7. The number of carbonyl (C=O) groups excluding carboxylic acids is 2. The highest BCUT2D eigenvalue weighted by molar-refractivity contribution is 9.10. The van der Waals surface area contributed by atoms with Gasteiger partial charge in [-0.3, -0.25) is 4.79 Å². The Morgan fingerprint density at radius 2 is 1.79 bits per heavy atom. The monoisotopic (exact) mass is 410 g/mol. The third kappa shape index (κ3) is 6.38. The molecule has 0 bridgehead atoms. The van der Waals surface area contributed by atoms with Crippen LogP contribution in [0.2, 0.25) is 0 Å². The van der Waals surface area contributed by atoms with E-state index in [1.54, 1.807) is 20.8 Å². The largest absolute Gasteiger partial charge is 0.444 e. The number of anilines is 1. The number of nitrogens with one attached hydrogen (secondary N) is 2. The van der Waals surface area contributed by atoms with E-state index in [0.29, 0.717) is 0 Å². The van der Waals surface area contributed by atoms with Crippen LogP contribution in [0.4, 0.5) is 23.7 Å². The maximum atomic E-state index is 12.8. The molecule has 0 aliphatic heterocycles. The van der Waals surface area contributed by atoms with Crippen LogP contribution >= 0.6 is 15.9 Å². The van der Waals surface area contributed by atoms with Gasteiger partial charge in [-0.1, -0.05) is 15.9 Å². The molecule has 0 heterocycles. The number of halogens is 4. The zero-order valence-electron chi connectivity index (χ0n) is 13.5. The van der Waals surface area contributed by atoms with Crippen LogP contribution in [0.15, 0.2) is 22.7 Å². The molecular weight excluding hydrogens is 393 g/mol. The van der Waals surface area contributed by atoms with Crippen molar-refractivity contribution in [3.8, 4) is 0 Å². The molecule has 0 unspecified atom stereocenters. The highest BCUT2D eigenvalue weighted by atomic mass is 79.9. The molecule has 5 nitrogen and oxygen atoms in total. The van der Waals surface area contributed by atoms with Crippen LogP contribution < -0.4 is 10.6 Å². The molecule has 0 aromatic heterocycles. The van der Waals surface area contributed by atoms with Gasteiger partial charge < -0.3 is 15.4 Å². The summed E-state index contributed by atoms with van der Waals surface area (Å²) in [6.07, 6.45) is -5.35. The molecule has 0 radical (unpaired) electrons. The van der Waals surface area contributed by atoms with Crippen molar-refractivity contribution in [3.63, 3.8) is 0 Å². The Balaban J connectivity index is 2.76. The molecule has 1 rings (SSSR count). The molecule has 1 aromatic carbocycles. The second-order valence-electron chi connectivity index (χ2n) is 6.05. The topological polar surface area (TPSA) is 67.4 Å². The molecule has 24 heavy (non-hydrogen) atoms. The lowest BCUT2D eigenvalue weighted by Crippen LogP contribution is -2.44. The van der Waals surface area contributed by atoms with Gasteiger partial charge in [0.2, 0.25) is 5.91 Å². The minimum atomic E-state index is -4.56. The fourth-order valence-electron chi connectivity index (χ4n) is 1.62.